The fraction of sp³-hybridized carbons (Fsp3) is 0.708. The second-order valence-corrected chi connectivity index (χ2v) is 5.65. The first kappa shape index (κ1) is 5.40. The van der Waals surface area contributed by atoms with Crippen LogP contribution in [0.5, 0.6) is 11.5 Å². The molecule has 2 N–H and O–H groups in total. The molecule has 1 aromatic rings. The number of hydrogen-bond donors (Lipinski definition) is 1. The Kier molecular flexibility index (Phi) is 1.72. The smallest absolute Gasteiger partial charge is 0.323 e. The van der Waals surface area contributed by atoms with E-state index in [2.05, 4.69) is 0 Å². The number of nitrogens with zero attached hydrogens (tertiary/aromatic N) is 1. The highest BCUT2D eigenvalue weighted by Crippen LogP contribution is 2.44. The Balaban J connectivity index is 2.87. The Bertz CT molecular complexity index is 1930. The normalized spacial score (nSPS) is 56.5. The lowest BCUT2D eigenvalue weighted by atomic mass is 9.79. The average Bonchev–Trinajstić information content (AvgIpc) is 3.02. The SMILES string of the molecule is [2H]c1c(OC([2H])([2H])[2H])c(OC)c([2H])c2c1C1N(C([2H])([2H])C2([2H])[2H])C([2H])([2H])C([2H])(C([2H])([2H])C([2H])(C([2H])([2H])[2H])C([2H])([2H])[2H])C([2H])(OC(=O)[C@@]([2H])(N)C([2H])(C([2H])([2H])[2H])C([2H])([2H])[2H])C1([2H])[2H]. The summed E-state index contributed by atoms with van der Waals surface area (Å²) in [4.78, 5) is 13.3. The molecule has 2 heterocycles. The van der Waals surface area contributed by atoms with Crippen molar-refractivity contribution in [2.24, 2.45) is 23.4 Å². The third kappa shape index (κ3) is 4.75. The summed E-state index contributed by atoms with van der Waals surface area (Å²) in [6.45, 7) is -27.6. The lowest BCUT2D eigenvalue weighted by Crippen LogP contribution is -2.51. The number of ether oxygens (including phenoxy) is 3. The third-order valence-electron chi connectivity index (χ3n) is 3.76. The van der Waals surface area contributed by atoms with Gasteiger partial charge < -0.3 is 19.9 Å². The van der Waals surface area contributed by atoms with Gasteiger partial charge in [0.2, 0.25) is 0 Å². The van der Waals surface area contributed by atoms with Crippen molar-refractivity contribution in [1.82, 2.24) is 4.90 Å². The van der Waals surface area contributed by atoms with Crippen LogP contribution in [0.4, 0.5) is 0 Å². The molecule has 6 heteroatoms. The molecular weight excluding hydrogens is 380 g/mol. The molecule has 2 aliphatic rings. The van der Waals surface area contributed by atoms with Crippen molar-refractivity contribution in [3.8, 4) is 11.5 Å². The van der Waals surface area contributed by atoms with E-state index >= 15 is 0 Å². The number of carbonyl (C=O) groups is 1. The maximum atomic E-state index is 14.1. The van der Waals surface area contributed by atoms with Crippen molar-refractivity contribution >= 4 is 5.97 Å². The van der Waals surface area contributed by atoms with Crippen molar-refractivity contribution in [3.63, 3.8) is 0 Å². The number of carbonyl (C=O) groups excluding carboxylic acids is 1. The van der Waals surface area contributed by atoms with Crippen LogP contribution in [0.1, 0.15) is 101 Å². The highest BCUT2D eigenvalue weighted by atomic mass is 16.5. The van der Waals surface area contributed by atoms with Crippen molar-refractivity contribution < 1.29 is 62.9 Å². The predicted molar refractivity (Wildman–Crippen MR) is 118 cm³/mol. The number of fused-ring (bicyclic) bond motifs is 3. The van der Waals surface area contributed by atoms with E-state index in [1.807, 2.05) is 0 Å². The van der Waals surface area contributed by atoms with Crippen LogP contribution in [-0.2, 0) is 15.9 Å². The standard InChI is InChI=1S/C24H38N2O4/c1-14(2)9-17-13-26-8-7-16-10-21(28-5)22(29-6)11-18(16)19(26)12-20(17)30-24(27)23(25)15(3)4/h10-11,14-15,17,19-20,23H,7-9,12-13,25H2,1-6H3/t17?,19?,20?,23-/m0/s1/i1D3,2D3,3D3,4D3,6D3,7D2,8D2,9D2,10D,11D,12D2,13D2,14D,15D,17D,20D,23D. The van der Waals surface area contributed by atoms with E-state index in [9.17, 15) is 13.0 Å². The van der Waals surface area contributed by atoms with Gasteiger partial charge in [-0.3, -0.25) is 9.69 Å². The molecule has 0 spiro atoms. The summed E-state index contributed by atoms with van der Waals surface area (Å²) >= 11 is 0. The molecule has 3 unspecified atom stereocenters. The minimum Gasteiger partial charge on any atom is -0.493 e. The number of esters is 1. The van der Waals surface area contributed by atoms with Gasteiger partial charge in [0.1, 0.15) is 12.1 Å². The van der Waals surface area contributed by atoms with E-state index in [0.29, 0.717) is 7.11 Å². The topological polar surface area (TPSA) is 74.0 Å². The molecule has 0 amide bonds. The summed E-state index contributed by atoms with van der Waals surface area (Å²) < 4.78 is 284. The summed E-state index contributed by atoms with van der Waals surface area (Å²) in [5.41, 5.74) is 2.40. The highest BCUT2D eigenvalue weighted by molar-refractivity contribution is 5.76. The van der Waals surface area contributed by atoms with Crippen LogP contribution in [0.25, 0.3) is 0 Å². The van der Waals surface area contributed by atoms with Crippen molar-refractivity contribution in [2.45, 2.75) is 64.7 Å². The van der Waals surface area contributed by atoms with E-state index in [0.717, 1.165) is 0 Å². The molecule has 4 atom stereocenters. The first-order chi connectivity index (χ1) is 26.7. The Morgan fingerprint density at radius 2 is 2.23 bits per heavy atom. The number of hydrogen-bond acceptors (Lipinski definition) is 6. The van der Waals surface area contributed by atoms with Crippen LogP contribution in [0.15, 0.2) is 12.1 Å². The molecule has 1 saturated heterocycles. The Morgan fingerprint density at radius 1 is 1.43 bits per heavy atom. The van der Waals surface area contributed by atoms with Gasteiger partial charge in [0, 0.05) is 65.6 Å². The summed E-state index contributed by atoms with van der Waals surface area (Å²) in [7, 11) is -2.93. The molecule has 1 fully saturated rings. The van der Waals surface area contributed by atoms with Crippen LogP contribution in [-0.4, -0.2) is 50.1 Å². The summed E-state index contributed by atoms with van der Waals surface area (Å²) in [6.07, 6.45) is -19.7. The first-order valence-corrected chi connectivity index (χ1v) is 7.95. The monoisotopic (exact) mass is 450 g/mol. The molecule has 0 radical (unpaired) electrons. The molecule has 0 aromatic heterocycles. The molecule has 30 heavy (non-hydrogen) atoms. The number of nitrogens with two attached hydrogens (primary N) is 1. The van der Waals surface area contributed by atoms with Crippen LogP contribution in [0, 0.1) is 17.7 Å². The number of benzene rings is 1. The zero-order valence-corrected chi connectivity index (χ0v) is 15.2. The van der Waals surface area contributed by atoms with Crippen molar-refractivity contribution in [3.05, 3.63) is 23.2 Å². The zero-order chi connectivity index (χ0) is 49.8. The lowest BCUT2D eigenvalue weighted by Gasteiger charge is -2.47. The van der Waals surface area contributed by atoms with E-state index in [4.69, 9.17) is 55.6 Å². The Labute approximate surface area is 226 Å². The predicted octanol–water partition coefficient (Wildman–Crippen LogP) is 3.56. The minimum atomic E-state index is -5.47. The molecule has 2 aliphatic heterocycles. The summed E-state index contributed by atoms with van der Waals surface area (Å²) in [5, 5.41) is 0. The fourth-order valence-corrected chi connectivity index (χ4v) is 2.44. The molecule has 0 saturated carbocycles. The Morgan fingerprint density at radius 3 is 2.93 bits per heavy atom. The van der Waals surface area contributed by atoms with Gasteiger partial charge in [-0.2, -0.15) is 0 Å². The van der Waals surface area contributed by atoms with Crippen LogP contribution < -0.4 is 15.2 Å². The van der Waals surface area contributed by atoms with E-state index in [1.165, 1.54) is 0 Å². The van der Waals surface area contributed by atoms with Crippen LogP contribution in [0.2, 0.25) is 0 Å². The van der Waals surface area contributed by atoms with Gasteiger partial charge >= 0.3 is 5.97 Å². The van der Waals surface area contributed by atoms with Gasteiger partial charge in [0.25, 0.3) is 0 Å². The quantitative estimate of drug-likeness (QED) is 0.640. The van der Waals surface area contributed by atoms with Crippen molar-refractivity contribution in [2.75, 3.05) is 27.1 Å². The lowest BCUT2D eigenvalue weighted by molar-refractivity contribution is -0.160. The average molecular weight is 451 g/mol. The van der Waals surface area contributed by atoms with E-state index in [1.54, 1.807) is 0 Å². The molecule has 6 nitrogen and oxygen atoms in total. The van der Waals surface area contributed by atoms with E-state index in [-0.39, 0.29) is 0 Å². The molecule has 168 valence electrons. The second kappa shape index (κ2) is 9.56. The minimum absolute atomic E-state index is 0.710. The maximum Gasteiger partial charge on any atom is 0.323 e. The van der Waals surface area contributed by atoms with Crippen LogP contribution >= 0.6 is 0 Å². The molecule has 3 rings (SSSR count). The number of methoxy groups -OCH3 is 2. The van der Waals surface area contributed by atoms with Gasteiger partial charge in [0.05, 0.1) is 23.7 Å². The first-order valence-electron chi connectivity index (χ1n) is 24.0. The number of rotatable bonds is 7. The fourth-order valence-electron chi connectivity index (χ4n) is 2.44. The summed E-state index contributed by atoms with van der Waals surface area (Å²) in [6, 6.07) is -11.4. The highest BCUT2D eigenvalue weighted by Gasteiger charge is 2.41. The maximum absolute atomic E-state index is 14.1. The van der Waals surface area contributed by atoms with Gasteiger partial charge in [-0.05, 0) is 47.7 Å². The van der Waals surface area contributed by atoms with Crippen LogP contribution in [0.3, 0.4) is 0 Å². The zero-order valence-electron chi connectivity index (χ0n) is 47.2. The van der Waals surface area contributed by atoms with Gasteiger partial charge in [-0.1, -0.05) is 27.4 Å². The van der Waals surface area contributed by atoms with Gasteiger partial charge in [0.15, 0.2) is 11.5 Å². The van der Waals surface area contributed by atoms with Gasteiger partial charge in [-0.15, -0.1) is 0 Å². The molecule has 0 aliphatic carbocycles. The largest absolute Gasteiger partial charge is 0.493 e. The number of piperidine rings is 1. The second-order valence-electron chi connectivity index (χ2n) is 5.65. The summed E-state index contributed by atoms with van der Waals surface area (Å²) in [5.74, 6) is -20.9. The van der Waals surface area contributed by atoms with Gasteiger partial charge in [-0.25, -0.2) is 0 Å². The van der Waals surface area contributed by atoms with Crippen molar-refractivity contribution in [1.29, 1.82) is 0 Å². The molecule has 1 aromatic carbocycles. The molecule has 0 bridgehead atoms. The van der Waals surface area contributed by atoms with E-state index < -0.39 is 148 Å². The molecular formula is C24H38N2O4. The third-order valence-corrected chi connectivity index (χ3v) is 3.76. The Hall–Kier alpha value is -1.79.